The number of hydrogen-bond acceptors (Lipinski definition) is 3. The van der Waals surface area contributed by atoms with Gasteiger partial charge in [-0.15, -0.1) is 0 Å². The first-order valence-electron chi connectivity index (χ1n) is 7.19. The molecule has 0 radical (unpaired) electrons. The number of ether oxygens (including phenoxy) is 2. The molecular weight excluding hydrogens is 238 g/mol. The van der Waals surface area contributed by atoms with E-state index in [0.717, 1.165) is 19.6 Å². The minimum absolute atomic E-state index is 0.520. The highest BCUT2D eigenvalue weighted by Crippen LogP contribution is 2.06. The Hall–Kier alpha value is -0.900. The van der Waals surface area contributed by atoms with Gasteiger partial charge in [0, 0.05) is 19.2 Å². The van der Waals surface area contributed by atoms with Crippen LogP contribution in [0.15, 0.2) is 24.3 Å². The summed E-state index contributed by atoms with van der Waals surface area (Å²) in [5.41, 5.74) is 2.52. The van der Waals surface area contributed by atoms with Gasteiger partial charge in [0.1, 0.15) is 0 Å². The normalized spacial score (nSPS) is 11.2. The minimum Gasteiger partial charge on any atom is -0.379 e. The molecule has 19 heavy (non-hydrogen) atoms. The predicted molar refractivity (Wildman–Crippen MR) is 79.2 cm³/mol. The third-order valence-electron chi connectivity index (χ3n) is 2.73. The van der Waals surface area contributed by atoms with Crippen molar-refractivity contribution in [3.05, 3.63) is 35.4 Å². The monoisotopic (exact) mass is 265 g/mol. The Morgan fingerprint density at radius 1 is 0.947 bits per heavy atom. The van der Waals surface area contributed by atoms with Crippen molar-refractivity contribution in [1.29, 1.82) is 0 Å². The predicted octanol–water partition coefficient (Wildman–Crippen LogP) is 3.13. The van der Waals surface area contributed by atoms with Crippen LogP contribution in [0.5, 0.6) is 0 Å². The average Bonchev–Trinajstić information content (AvgIpc) is 2.41. The summed E-state index contributed by atoms with van der Waals surface area (Å²) in [6.07, 6.45) is 1.06. The van der Waals surface area contributed by atoms with E-state index in [0.29, 0.717) is 25.9 Å². The Morgan fingerprint density at radius 3 is 2.21 bits per heavy atom. The molecule has 0 aliphatic heterocycles. The standard InChI is InChI=1S/C16H27NO2/c1-4-9-18-10-11-19-13-16-7-5-15(6-8-16)12-17-14(2)3/h5-8,14,17H,4,9-13H2,1-3H3. The van der Waals surface area contributed by atoms with E-state index < -0.39 is 0 Å². The van der Waals surface area contributed by atoms with E-state index in [2.05, 4.69) is 50.4 Å². The topological polar surface area (TPSA) is 30.5 Å². The lowest BCUT2D eigenvalue weighted by atomic mass is 10.1. The van der Waals surface area contributed by atoms with Crippen molar-refractivity contribution in [2.75, 3.05) is 19.8 Å². The van der Waals surface area contributed by atoms with Crippen LogP contribution in [-0.2, 0) is 22.6 Å². The zero-order chi connectivity index (χ0) is 13.9. The molecular formula is C16H27NO2. The molecule has 3 heteroatoms. The van der Waals surface area contributed by atoms with E-state index in [1.807, 2.05) is 0 Å². The fraction of sp³-hybridized carbons (Fsp3) is 0.625. The minimum atomic E-state index is 0.520. The van der Waals surface area contributed by atoms with Crippen molar-refractivity contribution >= 4 is 0 Å². The molecule has 0 atom stereocenters. The summed E-state index contributed by atoms with van der Waals surface area (Å²) < 4.78 is 10.9. The molecule has 0 bridgehead atoms. The van der Waals surface area contributed by atoms with Crippen molar-refractivity contribution in [3.8, 4) is 0 Å². The number of nitrogens with one attached hydrogen (secondary N) is 1. The Balaban J connectivity index is 2.17. The molecule has 0 aliphatic rings. The summed E-state index contributed by atoms with van der Waals surface area (Å²) in [7, 11) is 0. The van der Waals surface area contributed by atoms with E-state index in [1.54, 1.807) is 0 Å². The van der Waals surface area contributed by atoms with Gasteiger partial charge in [-0.2, -0.15) is 0 Å². The van der Waals surface area contributed by atoms with E-state index >= 15 is 0 Å². The van der Waals surface area contributed by atoms with Crippen molar-refractivity contribution in [2.45, 2.75) is 46.4 Å². The van der Waals surface area contributed by atoms with Crippen LogP contribution < -0.4 is 5.32 Å². The second-order valence-corrected chi connectivity index (χ2v) is 5.02. The van der Waals surface area contributed by atoms with Gasteiger partial charge in [0.25, 0.3) is 0 Å². The molecule has 0 spiro atoms. The lowest BCUT2D eigenvalue weighted by molar-refractivity contribution is 0.0408. The molecule has 3 nitrogen and oxygen atoms in total. The van der Waals surface area contributed by atoms with Gasteiger partial charge in [-0.05, 0) is 17.5 Å². The van der Waals surface area contributed by atoms with Crippen LogP contribution >= 0.6 is 0 Å². The van der Waals surface area contributed by atoms with Crippen molar-refractivity contribution in [3.63, 3.8) is 0 Å². The van der Waals surface area contributed by atoms with Crippen LogP contribution in [-0.4, -0.2) is 25.9 Å². The fourth-order valence-electron chi connectivity index (χ4n) is 1.63. The first-order valence-corrected chi connectivity index (χ1v) is 7.19. The average molecular weight is 265 g/mol. The van der Waals surface area contributed by atoms with Crippen LogP contribution in [0.3, 0.4) is 0 Å². The summed E-state index contributed by atoms with van der Waals surface area (Å²) >= 11 is 0. The Labute approximate surface area is 117 Å². The smallest absolute Gasteiger partial charge is 0.0718 e. The van der Waals surface area contributed by atoms with Gasteiger partial charge < -0.3 is 14.8 Å². The molecule has 0 aliphatic carbocycles. The Morgan fingerprint density at radius 2 is 1.58 bits per heavy atom. The molecule has 108 valence electrons. The molecule has 1 rings (SSSR count). The molecule has 0 unspecified atom stereocenters. The van der Waals surface area contributed by atoms with Crippen LogP contribution in [0.25, 0.3) is 0 Å². The summed E-state index contributed by atoms with van der Waals surface area (Å²) in [6, 6.07) is 9.09. The van der Waals surface area contributed by atoms with Gasteiger partial charge in [0.05, 0.1) is 19.8 Å². The van der Waals surface area contributed by atoms with Gasteiger partial charge in [0.15, 0.2) is 0 Å². The molecule has 0 fully saturated rings. The van der Waals surface area contributed by atoms with Gasteiger partial charge in [-0.3, -0.25) is 0 Å². The van der Waals surface area contributed by atoms with Crippen molar-refractivity contribution in [2.24, 2.45) is 0 Å². The molecule has 1 aromatic rings. The first kappa shape index (κ1) is 16.2. The van der Waals surface area contributed by atoms with Gasteiger partial charge >= 0.3 is 0 Å². The Bertz CT molecular complexity index is 322. The zero-order valence-corrected chi connectivity index (χ0v) is 12.4. The lowest BCUT2D eigenvalue weighted by Crippen LogP contribution is -2.21. The van der Waals surface area contributed by atoms with Crippen LogP contribution in [0.1, 0.15) is 38.3 Å². The van der Waals surface area contributed by atoms with Crippen LogP contribution in [0.4, 0.5) is 0 Å². The van der Waals surface area contributed by atoms with E-state index in [9.17, 15) is 0 Å². The molecule has 1 aromatic carbocycles. The van der Waals surface area contributed by atoms with Gasteiger partial charge in [0.2, 0.25) is 0 Å². The van der Waals surface area contributed by atoms with E-state index in [1.165, 1.54) is 11.1 Å². The Kier molecular flexibility index (Phi) is 8.47. The number of benzene rings is 1. The maximum Gasteiger partial charge on any atom is 0.0718 e. The summed E-state index contributed by atoms with van der Waals surface area (Å²) in [4.78, 5) is 0. The largest absolute Gasteiger partial charge is 0.379 e. The van der Waals surface area contributed by atoms with Crippen molar-refractivity contribution < 1.29 is 9.47 Å². The zero-order valence-electron chi connectivity index (χ0n) is 12.4. The van der Waals surface area contributed by atoms with Crippen LogP contribution in [0.2, 0.25) is 0 Å². The second-order valence-electron chi connectivity index (χ2n) is 5.02. The third-order valence-corrected chi connectivity index (χ3v) is 2.73. The number of hydrogen-bond donors (Lipinski definition) is 1. The highest BCUT2D eigenvalue weighted by molar-refractivity contribution is 5.21. The van der Waals surface area contributed by atoms with E-state index in [4.69, 9.17) is 9.47 Å². The first-order chi connectivity index (χ1) is 9.22. The molecule has 0 saturated heterocycles. The molecule has 1 N–H and O–H groups in total. The summed E-state index contributed by atoms with van der Waals surface area (Å²) in [6.45, 7) is 10.2. The van der Waals surface area contributed by atoms with Crippen molar-refractivity contribution in [1.82, 2.24) is 5.32 Å². The van der Waals surface area contributed by atoms with Gasteiger partial charge in [-0.1, -0.05) is 45.0 Å². The van der Waals surface area contributed by atoms with E-state index in [-0.39, 0.29) is 0 Å². The maximum absolute atomic E-state index is 5.56. The quantitative estimate of drug-likeness (QED) is 0.659. The molecule has 0 aromatic heterocycles. The highest BCUT2D eigenvalue weighted by atomic mass is 16.5. The maximum atomic E-state index is 5.56. The van der Waals surface area contributed by atoms with Crippen LogP contribution in [0, 0.1) is 0 Å². The lowest BCUT2D eigenvalue weighted by Gasteiger charge is -2.09. The fourth-order valence-corrected chi connectivity index (χ4v) is 1.63. The molecule has 0 saturated carbocycles. The van der Waals surface area contributed by atoms with Gasteiger partial charge in [-0.25, -0.2) is 0 Å². The molecule has 0 heterocycles. The highest BCUT2D eigenvalue weighted by Gasteiger charge is 1.97. The molecule has 0 amide bonds. The second kappa shape index (κ2) is 9.96. The third kappa shape index (κ3) is 7.98. The number of rotatable bonds is 10. The SMILES string of the molecule is CCCOCCOCc1ccc(CNC(C)C)cc1. The summed E-state index contributed by atoms with van der Waals surface area (Å²) in [5.74, 6) is 0. The summed E-state index contributed by atoms with van der Waals surface area (Å²) in [5, 5.41) is 3.41.